The van der Waals surface area contributed by atoms with Crippen LogP contribution < -0.4 is 4.90 Å². The van der Waals surface area contributed by atoms with E-state index in [0.29, 0.717) is 18.5 Å². The average Bonchev–Trinajstić information content (AvgIpc) is 3.05. The summed E-state index contributed by atoms with van der Waals surface area (Å²) in [7, 11) is 0. The summed E-state index contributed by atoms with van der Waals surface area (Å²) in [6, 6.07) is 0.528. The molecular formula is C12H18N4OS. The van der Waals surface area contributed by atoms with Crippen molar-refractivity contribution in [3.63, 3.8) is 0 Å². The first-order valence-corrected chi connectivity index (χ1v) is 7.30. The fraction of sp³-hybridized carbons (Fsp3) is 0.750. The number of piperazine rings is 1. The molecular weight excluding hydrogens is 248 g/mol. The minimum Gasteiger partial charge on any atom is -0.336 e. The molecule has 1 aromatic rings. The van der Waals surface area contributed by atoms with Crippen LogP contribution in [0.3, 0.4) is 0 Å². The van der Waals surface area contributed by atoms with Gasteiger partial charge in [-0.05, 0) is 12.8 Å². The highest BCUT2D eigenvalue weighted by Crippen LogP contribution is 2.29. The summed E-state index contributed by atoms with van der Waals surface area (Å²) < 4.78 is 4.35. The third-order valence-electron chi connectivity index (χ3n) is 3.46. The van der Waals surface area contributed by atoms with Crippen LogP contribution >= 0.6 is 11.5 Å². The van der Waals surface area contributed by atoms with E-state index in [1.165, 1.54) is 24.4 Å². The molecule has 1 aliphatic heterocycles. The molecule has 2 fully saturated rings. The number of rotatable bonds is 3. The molecule has 6 heteroatoms. The van der Waals surface area contributed by atoms with Crippen molar-refractivity contribution in [2.24, 2.45) is 0 Å². The van der Waals surface area contributed by atoms with E-state index in [0.717, 1.165) is 24.0 Å². The van der Waals surface area contributed by atoms with Crippen molar-refractivity contribution in [3.05, 3.63) is 5.82 Å². The van der Waals surface area contributed by atoms with E-state index in [4.69, 9.17) is 0 Å². The molecule has 3 rings (SSSR count). The Balaban J connectivity index is 1.68. The Kier molecular flexibility index (Phi) is 2.97. The molecule has 18 heavy (non-hydrogen) atoms. The van der Waals surface area contributed by atoms with Gasteiger partial charge in [-0.1, -0.05) is 13.8 Å². The van der Waals surface area contributed by atoms with Crippen LogP contribution in [0.4, 0.5) is 5.13 Å². The Morgan fingerprint density at radius 3 is 2.67 bits per heavy atom. The van der Waals surface area contributed by atoms with E-state index in [-0.39, 0.29) is 5.91 Å². The molecule has 1 saturated heterocycles. The molecule has 5 nitrogen and oxygen atoms in total. The summed E-state index contributed by atoms with van der Waals surface area (Å²) in [4.78, 5) is 20.6. The van der Waals surface area contributed by atoms with Gasteiger partial charge in [-0.2, -0.15) is 4.37 Å². The van der Waals surface area contributed by atoms with Crippen LogP contribution in [0.5, 0.6) is 0 Å². The van der Waals surface area contributed by atoms with Crippen molar-refractivity contribution in [1.29, 1.82) is 0 Å². The number of hydrogen-bond acceptors (Lipinski definition) is 5. The standard InChI is InChI=1S/C12H18N4OS/c1-8(2)11-13-12(18-14-11)15-5-6-16(9-3-4-9)10(17)7-15/h8-9H,3-7H2,1-2H3. The Bertz CT molecular complexity index is 455. The number of hydrogen-bond donors (Lipinski definition) is 0. The van der Waals surface area contributed by atoms with Crippen LogP contribution in [-0.4, -0.2) is 45.8 Å². The topological polar surface area (TPSA) is 49.3 Å². The molecule has 0 spiro atoms. The maximum atomic E-state index is 12.0. The molecule has 2 heterocycles. The lowest BCUT2D eigenvalue weighted by Gasteiger charge is -2.34. The van der Waals surface area contributed by atoms with E-state index in [2.05, 4.69) is 28.1 Å². The molecule has 1 saturated carbocycles. The second-order valence-electron chi connectivity index (χ2n) is 5.33. The van der Waals surface area contributed by atoms with Crippen molar-refractivity contribution in [1.82, 2.24) is 14.3 Å². The molecule has 2 aliphatic rings. The highest BCUT2D eigenvalue weighted by molar-refractivity contribution is 7.09. The second kappa shape index (κ2) is 4.50. The molecule has 0 bridgehead atoms. The van der Waals surface area contributed by atoms with Gasteiger partial charge in [0.25, 0.3) is 0 Å². The van der Waals surface area contributed by atoms with Gasteiger partial charge in [0.1, 0.15) is 5.82 Å². The Morgan fingerprint density at radius 1 is 1.33 bits per heavy atom. The first-order valence-electron chi connectivity index (χ1n) is 6.53. The summed E-state index contributed by atoms with van der Waals surface area (Å²) in [5, 5.41) is 0.891. The third-order valence-corrected chi connectivity index (χ3v) is 4.25. The van der Waals surface area contributed by atoms with Gasteiger partial charge in [-0.25, -0.2) is 4.98 Å². The summed E-state index contributed by atoms with van der Waals surface area (Å²) in [5.41, 5.74) is 0. The van der Waals surface area contributed by atoms with Gasteiger partial charge in [0, 0.05) is 36.6 Å². The van der Waals surface area contributed by atoms with Crippen LogP contribution in [0, 0.1) is 0 Å². The van der Waals surface area contributed by atoms with Crippen LogP contribution in [0.15, 0.2) is 0 Å². The molecule has 0 atom stereocenters. The quantitative estimate of drug-likeness (QED) is 0.831. The Hall–Kier alpha value is -1.17. The van der Waals surface area contributed by atoms with Gasteiger partial charge in [0.2, 0.25) is 11.0 Å². The maximum absolute atomic E-state index is 12.0. The van der Waals surface area contributed by atoms with Gasteiger partial charge in [0.05, 0.1) is 6.54 Å². The second-order valence-corrected chi connectivity index (χ2v) is 6.06. The predicted octanol–water partition coefficient (Wildman–Crippen LogP) is 1.47. The zero-order valence-corrected chi connectivity index (χ0v) is 11.6. The highest BCUT2D eigenvalue weighted by atomic mass is 32.1. The average molecular weight is 266 g/mol. The normalized spacial score (nSPS) is 20.9. The van der Waals surface area contributed by atoms with Gasteiger partial charge >= 0.3 is 0 Å². The first kappa shape index (κ1) is 11.9. The van der Waals surface area contributed by atoms with Crippen LogP contribution in [0.2, 0.25) is 0 Å². The van der Waals surface area contributed by atoms with E-state index in [1.54, 1.807) is 0 Å². The zero-order chi connectivity index (χ0) is 12.7. The van der Waals surface area contributed by atoms with E-state index < -0.39 is 0 Å². The molecule has 1 aliphatic carbocycles. The summed E-state index contributed by atoms with van der Waals surface area (Å²) >= 11 is 1.41. The largest absolute Gasteiger partial charge is 0.336 e. The van der Waals surface area contributed by atoms with Gasteiger partial charge in [-0.3, -0.25) is 4.79 Å². The van der Waals surface area contributed by atoms with Gasteiger partial charge in [-0.15, -0.1) is 0 Å². The van der Waals surface area contributed by atoms with Crippen molar-refractivity contribution in [2.75, 3.05) is 24.5 Å². The lowest BCUT2D eigenvalue weighted by Crippen LogP contribution is -2.51. The number of aromatic nitrogens is 2. The molecule has 1 amide bonds. The first-order chi connectivity index (χ1) is 8.65. The molecule has 1 aromatic heterocycles. The molecule has 0 radical (unpaired) electrons. The van der Waals surface area contributed by atoms with Crippen molar-refractivity contribution in [2.45, 2.75) is 38.6 Å². The number of carbonyl (C=O) groups is 1. The van der Waals surface area contributed by atoms with Crippen LogP contribution in [0.25, 0.3) is 0 Å². The van der Waals surface area contributed by atoms with Crippen LogP contribution in [-0.2, 0) is 4.79 Å². The Labute approximate surface area is 111 Å². The van der Waals surface area contributed by atoms with Gasteiger partial charge < -0.3 is 9.80 Å². The van der Waals surface area contributed by atoms with Crippen molar-refractivity contribution in [3.8, 4) is 0 Å². The number of carbonyl (C=O) groups excluding carboxylic acids is 1. The van der Waals surface area contributed by atoms with E-state index >= 15 is 0 Å². The summed E-state index contributed by atoms with van der Waals surface area (Å²) in [5.74, 6) is 1.47. The third kappa shape index (κ3) is 2.21. The number of amides is 1. The number of anilines is 1. The Morgan fingerprint density at radius 2 is 2.11 bits per heavy atom. The monoisotopic (exact) mass is 266 g/mol. The molecule has 0 unspecified atom stereocenters. The molecule has 0 aromatic carbocycles. The zero-order valence-electron chi connectivity index (χ0n) is 10.8. The highest BCUT2D eigenvalue weighted by Gasteiger charge is 2.36. The SMILES string of the molecule is CC(C)c1nsc(N2CCN(C3CC3)C(=O)C2)n1. The number of nitrogens with zero attached hydrogens (tertiary/aromatic N) is 4. The minimum absolute atomic E-state index is 0.241. The van der Waals surface area contributed by atoms with E-state index in [1.807, 2.05) is 4.90 Å². The predicted molar refractivity (Wildman–Crippen MR) is 70.9 cm³/mol. The fourth-order valence-corrected chi connectivity index (χ4v) is 3.04. The smallest absolute Gasteiger partial charge is 0.242 e. The lowest BCUT2D eigenvalue weighted by atomic mass is 10.2. The molecule has 0 N–H and O–H groups in total. The van der Waals surface area contributed by atoms with Crippen molar-refractivity contribution >= 4 is 22.6 Å². The maximum Gasteiger partial charge on any atom is 0.242 e. The summed E-state index contributed by atoms with van der Waals surface area (Å²) in [6.45, 7) is 6.35. The lowest BCUT2D eigenvalue weighted by molar-refractivity contribution is -0.131. The summed E-state index contributed by atoms with van der Waals surface area (Å²) in [6.07, 6.45) is 2.37. The van der Waals surface area contributed by atoms with E-state index in [9.17, 15) is 4.79 Å². The van der Waals surface area contributed by atoms with Crippen molar-refractivity contribution < 1.29 is 4.79 Å². The fourth-order valence-electron chi connectivity index (χ4n) is 2.21. The van der Waals surface area contributed by atoms with Crippen LogP contribution in [0.1, 0.15) is 38.4 Å². The molecule has 98 valence electrons. The van der Waals surface area contributed by atoms with Gasteiger partial charge in [0.15, 0.2) is 0 Å². The minimum atomic E-state index is 0.241.